The summed E-state index contributed by atoms with van der Waals surface area (Å²) in [5.41, 5.74) is 0.579. The summed E-state index contributed by atoms with van der Waals surface area (Å²) in [6.45, 7) is 2.50. The number of hydrogen-bond acceptors (Lipinski definition) is 2. The highest BCUT2D eigenvalue weighted by Crippen LogP contribution is 2.26. The molecule has 0 radical (unpaired) electrons. The lowest BCUT2D eigenvalue weighted by Gasteiger charge is -2.14. The Morgan fingerprint density at radius 2 is 2.35 bits per heavy atom. The number of benzene rings is 1. The molecule has 1 saturated heterocycles. The standard InChI is InChI=1S/C12H13BrFNO2/c1-7-9(4-5-17-7)12(16)15-11-3-2-8(14)6-10(11)13/h2-3,6-7,9H,4-5H2,1H3,(H,15,16). The van der Waals surface area contributed by atoms with Crippen molar-refractivity contribution in [3.05, 3.63) is 28.5 Å². The Hall–Kier alpha value is -0.940. The van der Waals surface area contributed by atoms with Crippen molar-refractivity contribution in [3.63, 3.8) is 0 Å². The summed E-state index contributed by atoms with van der Waals surface area (Å²) >= 11 is 3.21. The predicted octanol–water partition coefficient (Wildman–Crippen LogP) is 2.95. The van der Waals surface area contributed by atoms with Crippen LogP contribution in [0.2, 0.25) is 0 Å². The summed E-state index contributed by atoms with van der Waals surface area (Å²) in [7, 11) is 0. The van der Waals surface area contributed by atoms with Crippen molar-refractivity contribution in [3.8, 4) is 0 Å². The van der Waals surface area contributed by atoms with Gasteiger partial charge >= 0.3 is 0 Å². The zero-order valence-corrected chi connectivity index (χ0v) is 11.0. The summed E-state index contributed by atoms with van der Waals surface area (Å²) in [5.74, 6) is -0.554. The Morgan fingerprint density at radius 3 is 2.94 bits per heavy atom. The molecule has 2 atom stereocenters. The van der Waals surface area contributed by atoms with Crippen molar-refractivity contribution in [2.24, 2.45) is 5.92 Å². The van der Waals surface area contributed by atoms with E-state index in [0.717, 1.165) is 6.42 Å². The Balaban J connectivity index is 2.07. The number of ether oxygens (including phenoxy) is 1. The van der Waals surface area contributed by atoms with Gasteiger partial charge in [-0.25, -0.2) is 4.39 Å². The van der Waals surface area contributed by atoms with E-state index in [2.05, 4.69) is 21.2 Å². The average molecular weight is 302 g/mol. The van der Waals surface area contributed by atoms with Crippen molar-refractivity contribution in [1.82, 2.24) is 0 Å². The minimum absolute atomic E-state index is 0.0609. The largest absolute Gasteiger partial charge is 0.378 e. The van der Waals surface area contributed by atoms with Gasteiger partial charge in [0.1, 0.15) is 5.82 Å². The molecular weight excluding hydrogens is 289 g/mol. The SMILES string of the molecule is CC1OCCC1C(=O)Nc1ccc(F)cc1Br. The van der Waals surface area contributed by atoms with E-state index in [4.69, 9.17) is 4.74 Å². The van der Waals surface area contributed by atoms with Crippen molar-refractivity contribution in [2.75, 3.05) is 11.9 Å². The van der Waals surface area contributed by atoms with E-state index in [1.54, 1.807) is 0 Å². The number of nitrogens with one attached hydrogen (secondary N) is 1. The maximum Gasteiger partial charge on any atom is 0.230 e. The molecule has 1 N–H and O–H groups in total. The Morgan fingerprint density at radius 1 is 1.59 bits per heavy atom. The van der Waals surface area contributed by atoms with Gasteiger partial charge in [-0.05, 0) is 47.5 Å². The van der Waals surface area contributed by atoms with E-state index in [0.29, 0.717) is 16.8 Å². The molecular formula is C12H13BrFNO2. The molecule has 1 heterocycles. The smallest absolute Gasteiger partial charge is 0.230 e. The second-order valence-corrected chi connectivity index (χ2v) is 4.94. The van der Waals surface area contributed by atoms with Gasteiger partial charge in [-0.3, -0.25) is 4.79 Å². The van der Waals surface area contributed by atoms with Gasteiger partial charge in [-0.2, -0.15) is 0 Å². The van der Waals surface area contributed by atoms with Gasteiger partial charge in [-0.1, -0.05) is 0 Å². The number of carbonyl (C=O) groups is 1. The molecule has 2 rings (SSSR count). The molecule has 1 aliphatic rings. The van der Waals surface area contributed by atoms with Crippen LogP contribution in [0.4, 0.5) is 10.1 Å². The molecule has 3 nitrogen and oxygen atoms in total. The second kappa shape index (κ2) is 5.14. The fourth-order valence-corrected chi connectivity index (χ4v) is 2.34. The first kappa shape index (κ1) is 12.5. The summed E-state index contributed by atoms with van der Waals surface area (Å²) in [5, 5.41) is 2.78. The Kier molecular flexibility index (Phi) is 3.79. The first-order valence-electron chi connectivity index (χ1n) is 5.45. The molecule has 1 fully saturated rings. The van der Waals surface area contributed by atoms with Gasteiger partial charge in [-0.15, -0.1) is 0 Å². The third-order valence-corrected chi connectivity index (χ3v) is 3.56. The monoisotopic (exact) mass is 301 g/mol. The zero-order chi connectivity index (χ0) is 12.4. The van der Waals surface area contributed by atoms with Crippen molar-refractivity contribution in [2.45, 2.75) is 19.4 Å². The fourth-order valence-electron chi connectivity index (χ4n) is 1.89. The molecule has 2 unspecified atom stereocenters. The highest BCUT2D eigenvalue weighted by Gasteiger charge is 2.30. The van der Waals surface area contributed by atoms with Crippen molar-refractivity contribution >= 4 is 27.5 Å². The third-order valence-electron chi connectivity index (χ3n) is 2.90. The highest BCUT2D eigenvalue weighted by atomic mass is 79.9. The molecule has 5 heteroatoms. The summed E-state index contributed by atoms with van der Waals surface area (Å²) in [6.07, 6.45) is 0.667. The van der Waals surface area contributed by atoms with E-state index in [1.165, 1.54) is 18.2 Å². The van der Waals surface area contributed by atoms with E-state index in [9.17, 15) is 9.18 Å². The molecule has 0 spiro atoms. The van der Waals surface area contributed by atoms with Gasteiger partial charge in [0, 0.05) is 11.1 Å². The Bertz CT molecular complexity index is 439. The van der Waals surface area contributed by atoms with Crippen LogP contribution in [-0.4, -0.2) is 18.6 Å². The van der Waals surface area contributed by atoms with Gasteiger partial charge in [0.2, 0.25) is 5.91 Å². The van der Waals surface area contributed by atoms with Crippen LogP contribution in [0.15, 0.2) is 22.7 Å². The molecule has 1 aromatic rings. The lowest BCUT2D eigenvalue weighted by atomic mass is 10.0. The number of amides is 1. The van der Waals surface area contributed by atoms with Gasteiger partial charge < -0.3 is 10.1 Å². The number of hydrogen-bond donors (Lipinski definition) is 1. The minimum atomic E-state index is -0.340. The first-order chi connectivity index (χ1) is 8.08. The van der Waals surface area contributed by atoms with Crippen molar-refractivity contribution < 1.29 is 13.9 Å². The second-order valence-electron chi connectivity index (χ2n) is 4.08. The molecule has 1 amide bonds. The maximum absolute atomic E-state index is 12.9. The zero-order valence-electron chi connectivity index (χ0n) is 9.37. The predicted molar refractivity (Wildman–Crippen MR) is 66.3 cm³/mol. The molecule has 0 saturated carbocycles. The van der Waals surface area contributed by atoms with E-state index >= 15 is 0 Å². The lowest BCUT2D eigenvalue weighted by Crippen LogP contribution is -2.27. The normalized spacial score (nSPS) is 23.7. The van der Waals surface area contributed by atoms with Crippen LogP contribution in [0.1, 0.15) is 13.3 Å². The lowest BCUT2D eigenvalue weighted by molar-refractivity contribution is -0.121. The fraction of sp³-hybridized carbons (Fsp3) is 0.417. The molecule has 92 valence electrons. The van der Waals surface area contributed by atoms with Gasteiger partial charge in [0.25, 0.3) is 0 Å². The van der Waals surface area contributed by atoms with Crippen LogP contribution in [0.5, 0.6) is 0 Å². The Labute approximate surface area is 107 Å². The van der Waals surface area contributed by atoms with Crippen LogP contribution < -0.4 is 5.32 Å². The van der Waals surface area contributed by atoms with Crippen molar-refractivity contribution in [1.29, 1.82) is 0 Å². The average Bonchev–Trinajstić information content (AvgIpc) is 2.68. The third kappa shape index (κ3) is 2.84. The molecule has 0 aromatic heterocycles. The number of rotatable bonds is 2. The van der Waals surface area contributed by atoms with E-state index in [1.807, 2.05) is 6.92 Å². The number of halogens is 2. The molecule has 1 aliphatic heterocycles. The van der Waals surface area contributed by atoms with Crippen LogP contribution in [0.3, 0.4) is 0 Å². The molecule has 17 heavy (non-hydrogen) atoms. The number of anilines is 1. The summed E-state index contributed by atoms with van der Waals surface area (Å²) in [6, 6.07) is 4.18. The quantitative estimate of drug-likeness (QED) is 0.912. The first-order valence-corrected chi connectivity index (χ1v) is 6.25. The molecule has 1 aromatic carbocycles. The van der Waals surface area contributed by atoms with Gasteiger partial charge in [0.05, 0.1) is 17.7 Å². The summed E-state index contributed by atoms with van der Waals surface area (Å²) < 4.78 is 18.8. The molecule has 0 aliphatic carbocycles. The molecule has 0 bridgehead atoms. The van der Waals surface area contributed by atoms with E-state index in [-0.39, 0.29) is 23.7 Å². The summed E-state index contributed by atoms with van der Waals surface area (Å²) in [4.78, 5) is 12.0. The topological polar surface area (TPSA) is 38.3 Å². The highest BCUT2D eigenvalue weighted by molar-refractivity contribution is 9.10. The maximum atomic E-state index is 12.9. The minimum Gasteiger partial charge on any atom is -0.378 e. The van der Waals surface area contributed by atoms with Crippen LogP contribution in [0, 0.1) is 11.7 Å². The van der Waals surface area contributed by atoms with Crippen LogP contribution >= 0.6 is 15.9 Å². The van der Waals surface area contributed by atoms with Gasteiger partial charge in [0.15, 0.2) is 0 Å². The number of carbonyl (C=O) groups excluding carboxylic acids is 1. The van der Waals surface area contributed by atoms with E-state index < -0.39 is 0 Å². The van der Waals surface area contributed by atoms with Crippen LogP contribution in [-0.2, 0) is 9.53 Å². The van der Waals surface area contributed by atoms with Crippen LogP contribution in [0.25, 0.3) is 0 Å².